The highest BCUT2D eigenvalue weighted by molar-refractivity contribution is 7.59. The van der Waals surface area contributed by atoms with E-state index >= 15 is 0 Å². The van der Waals surface area contributed by atoms with E-state index < -0.39 is 0 Å². The van der Waals surface area contributed by atoms with Crippen LogP contribution >= 0.6 is 27.0 Å². The molecule has 1 amide bonds. The van der Waals surface area contributed by atoms with Gasteiger partial charge in [0.1, 0.15) is 0 Å². The van der Waals surface area contributed by atoms with Crippen molar-refractivity contribution in [2.24, 2.45) is 11.8 Å². The minimum absolute atomic E-state index is 0. The zero-order valence-electron chi connectivity index (χ0n) is 9.32. The van der Waals surface area contributed by atoms with Crippen LogP contribution < -0.4 is 0 Å². The first-order valence-electron chi connectivity index (χ1n) is 5.30. The molecule has 0 aromatic carbocycles. The van der Waals surface area contributed by atoms with E-state index in [1.165, 1.54) is 0 Å². The number of aliphatic hydroxyl groups excluding tert-OH is 1. The van der Waals surface area contributed by atoms with Crippen LogP contribution in [0.5, 0.6) is 0 Å². The quantitative estimate of drug-likeness (QED) is 0.771. The van der Waals surface area contributed by atoms with Crippen molar-refractivity contribution in [2.75, 3.05) is 32.9 Å². The molecule has 1 saturated carbocycles. The number of rotatable bonds is 2. The molecule has 0 aromatic rings. The van der Waals surface area contributed by atoms with Crippen LogP contribution in [0.15, 0.2) is 0 Å². The molecule has 2 rings (SSSR count). The number of hydrogen-bond donors (Lipinski definition) is 1. The van der Waals surface area contributed by atoms with E-state index in [1.807, 2.05) is 4.90 Å². The molecule has 1 aliphatic heterocycles. The van der Waals surface area contributed by atoms with Gasteiger partial charge in [0, 0.05) is 25.6 Å². The highest BCUT2D eigenvalue weighted by Crippen LogP contribution is 2.35. The molecule has 0 bridgehead atoms. The predicted molar refractivity (Wildman–Crippen MR) is 71.5 cm³/mol. The van der Waals surface area contributed by atoms with E-state index in [4.69, 9.17) is 9.84 Å². The molecular weight excluding hydrogens is 246 g/mol. The fraction of sp³-hybridized carbons (Fsp3) is 0.900. The van der Waals surface area contributed by atoms with Gasteiger partial charge in [0.25, 0.3) is 0 Å². The molecular formula is C10H21NO3S2. The van der Waals surface area contributed by atoms with Crippen LogP contribution in [0.2, 0.25) is 0 Å². The maximum Gasteiger partial charge on any atom is 0.226 e. The monoisotopic (exact) mass is 267 g/mol. The summed E-state index contributed by atoms with van der Waals surface area (Å²) in [4.78, 5) is 13.8. The summed E-state index contributed by atoms with van der Waals surface area (Å²) in [6.45, 7) is 2.90. The fourth-order valence-electron chi connectivity index (χ4n) is 2.13. The summed E-state index contributed by atoms with van der Waals surface area (Å²) in [7, 11) is 0. The molecule has 1 aliphatic carbocycles. The third-order valence-corrected chi connectivity index (χ3v) is 3.29. The molecule has 0 radical (unpaired) electrons. The van der Waals surface area contributed by atoms with Gasteiger partial charge in [0.15, 0.2) is 0 Å². The van der Waals surface area contributed by atoms with Crippen LogP contribution in [0.1, 0.15) is 12.8 Å². The largest absolute Gasteiger partial charge is 0.396 e. The zero-order chi connectivity index (χ0) is 9.97. The van der Waals surface area contributed by atoms with Gasteiger partial charge in [0.05, 0.1) is 13.2 Å². The van der Waals surface area contributed by atoms with Crippen molar-refractivity contribution in [1.29, 1.82) is 0 Å². The Morgan fingerprint density at radius 1 is 1.25 bits per heavy atom. The minimum atomic E-state index is 0. The predicted octanol–water partition coefficient (Wildman–Crippen LogP) is 0.0893. The lowest BCUT2D eigenvalue weighted by molar-refractivity contribution is -0.146. The van der Waals surface area contributed by atoms with Gasteiger partial charge in [-0.3, -0.25) is 4.79 Å². The smallest absolute Gasteiger partial charge is 0.226 e. The number of ether oxygens (including phenoxy) is 1. The molecule has 2 fully saturated rings. The Bertz CT molecular complexity index is 216. The molecule has 16 heavy (non-hydrogen) atoms. The summed E-state index contributed by atoms with van der Waals surface area (Å²) < 4.78 is 5.19. The van der Waals surface area contributed by atoms with E-state index in [2.05, 4.69) is 0 Å². The SMILES string of the molecule is O=C([C@H]1CC[C@@H]1CO)N1CCOCC1.S.S. The summed E-state index contributed by atoms with van der Waals surface area (Å²) in [6.07, 6.45) is 1.94. The number of aliphatic hydroxyl groups is 1. The Morgan fingerprint density at radius 2 is 1.88 bits per heavy atom. The van der Waals surface area contributed by atoms with Crippen molar-refractivity contribution in [3.05, 3.63) is 0 Å². The zero-order valence-corrected chi connectivity index (χ0v) is 11.3. The molecule has 4 nitrogen and oxygen atoms in total. The average molecular weight is 267 g/mol. The van der Waals surface area contributed by atoms with E-state index in [-0.39, 0.29) is 51.3 Å². The second kappa shape index (κ2) is 7.42. The number of morpholine rings is 1. The lowest BCUT2D eigenvalue weighted by Crippen LogP contribution is -2.48. The number of amides is 1. The Kier molecular flexibility index (Phi) is 7.46. The summed E-state index contributed by atoms with van der Waals surface area (Å²) in [6, 6.07) is 0. The molecule has 2 atom stereocenters. The van der Waals surface area contributed by atoms with Gasteiger partial charge in [-0.05, 0) is 18.8 Å². The van der Waals surface area contributed by atoms with Gasteiger partial charge >= 0.3 is 0 Å². The third-order valence-electron chi connectivity index (χ3n) is 3.29. The number of nitrogens with zero attached hydrogens (tertiary/aromatic N) is 1. The van der Waals surface area contributed by atoms with Gasteiger partial charge in [-0.2, -0.15) is 27.0 Å². The van der Waals surface area contributed by atoms with Gasteiger partial charge in [-0.15, -0.1) is 0 Å². The maximum atomic E-state index is 11.9. The lowest BCUT2D eigenvalue weighted by Gasteiger charge is -2.38. The summed E-state index contributed by atoms with van der Waals surface area (Å²) in [5.74, 6) is 0.516. The van der Waals surface area contributed by atoms with Crippen LogP contribution in [0.25, 0.3) is 0 Å². The van der Waals surface area contributed by atoms with Crippen molar-refractivity contribution >= 4 is 32.9 Å². The summed E-state index contributed by atoms with van der Waals surface area (Å²) in [5.41, 5.74) is 0. The number of hydrogen-bond acceptors (Lipinski definition) is 3. The summed E-state index contributed by atoms with van der Waals surface area (Å²) >= 11 is 0. The van der Waals surface area contributed by atoms with E-state index in [1.54, 1.807) is 0 Å². The third kappa shape index (κ3) is 3.29. The average Bonchev–Trinajstić information content (AvgIpc) is 2.18. The molecule has 0 aromatic heterocycles. The first-order valence-corrected chi connectivity index (χ1v) is 5.30. The van der Waals surface area contributed by atoms with Gasteiger partial charge in [-0.1, -0.05) is 0 Å². The first kappa shape index (κ1) is 16.1. The second-order valence-electron chi connectivity index (χ2n) is 4.06. The lowest BCUT2D eigenvalue weighted by atomic mass is 9.73. The van der Waals surface area contributed by atoms with Crippen molar-refractivity contribution in [3.8, 4) is 0 Å². The van der Waals surface area contributed by atoms with Crippen LogP contribution in [-0.4, -0.2) is 48.8 Å². The van der Waals surface area contributed by atoms with Crippen LogP contribution in [0.4, 0.5) is 0 Å². The molecule has 1 N–H and O–H groups in total. The van der Waals surface area contributed by atoms with Crippen molar-refractivity contribution < 1.29 is 14.6 Å². The number of carbonyl (C=O) groups excluding carboxylic acids is 1. The topological polar surface area (TPSA) is 49.8 Å². The highest BCUT2D eigenvalue weighted by Gasteiger charge is 2.38. The Labute approximate surface area is 110 Å². The van der Waals surface area contributed by atoms with E-state index in [0.29, 0.717) is 26.3 Å². The van der Waals surface area contributed by atoms with Crippen molar-refractivity contribution in [1.82, 2.24) is 4.90 Å². The Morgan fingerprint density at radius 3 is 2.31 bits per heavy atom. The first-order chi connectivity index (χ1) is 6.83. The normalized spacial score (nSPS) is 28.4. The molecule has 0 unspecified atom stereocenters. The molecule has 0 spiro atoms. The van der Waals surface area contributed by atoms with E-state index in [9.17, 15) is 4.79 Å². The standard InChI is InChI=1S/C10H17NO3.2H2S/c12-7-8-1-2-9(8)10(13)11-3-5-14-6-4-11;;/h8-9,12H,1-7H2;2*1H2/t8-,9+;;/m1../s1. The number of carbonyl (C=O) groups is 1. The molecule has 1 heterocycles. The van der Waals surface area contributed by atoms with Gasteiger partial charge in [-0.25, -0.2) is 0 Å². The van der Waals surface area contributed by atoms with Crippen molar-refractivity contribution in [3.63, 3.8) is 0 Å². The Balaban J connectivity index is 0.00000112. The van der Waals surface area contributed by atoms with Gasteiger partial charge in [0.2, 0.25) is 5.91 Å². The maximum absolute atomic E-state index is 11.9. The fourth-order valence-corrected chi connectivity index (χ4v) is 2.13. The van der Waals surface area contributed by atoms with E-state index in [0.717, 1.165) is 12.8 Å². The molecule has 1 saturated heterocycles. The Hall–Kier alpha value is 0.0900. The van der Waals surface area contributed by atoms with Gasteiger partial charge < -0.3 is 14.7 Å². The molecule has 6 heteroatoms. The molecule has 96 valence electrons. The summed E-state index contributed by atoms with van der Waals surface area (Å²) in [5, 5.41) is 9.01. The second-order valence-corrected chi connectivity index (χ2v) is 4.06. The van der Waals surface area contributed by atoms with Crippen LogP contribution in [0, 0.1) is 11.8 Å². The minimum Gasteiger partial charge on any atom is -0.396 e. The highest BCUT2D eigenvalue weighted by atomic mass is 32.1. The molecule has 2 aliphatic rings. The van der Waals surface area contributed by atoms with Crippen molar-refractivity contribution in [2.45, 2.75) is 12.8 Å². The van der Waals surface area contributed by atoms with Crippen LogP contribution in [0.3, 0.4) is 0 Å². The van der Waals surface area contributed by atoms with Crippen LogP contribution in [-0.2, 0) is 9.53 Å².